The zero-order chi connectivity index (χ0) is 20.4. The van der Waals surface area contributed by atoms with E-state index in [-0.39, 0.29) is 24.2 Å². The van der Waals surface area contributed by atoms with Gasteiger partial charge in [0.25, 0.3) is 0 Å². The van der Waals surface area contributed by atoms with Gasteiger partial charge in [-0.2, -0.15) is 0 Å². The summed E-state index contributed by atoms with van der Waals surface area (Å²) in [6.45, 7) is 3.13. The van der Waals surface area contributed by atoms with Crippen molar-refractivity contribution in [1.29, 1.82) is 0 Å². The number of aromatic nitrogens is 1. The summed E-state index contributed by atoms with van der Waals surface area (Å²) in [5, 5.41) is 0. The van der Waals surface area contributed by atoms with Crippen LogP contribution in [0.25, 0.3) is 0 Å². The Kier molecular flexibility index (Phi) is 5.28. The van der Waals surface area contributed by atoms with Gasteiger partial charge in [0.2, 0.25) is 5.91 Å². The van der Waals surface area contributed by atoms with Gasteiger partial charge >= 0.3 is 6.03 Å². The molecule has 2 aliphatic rings. The van der Waals surface area contributed by atoms with Gasteiger partial charge < -0.3 is 14.7 Å². The van der Waals surface area contributed by atoms with Crippen LogP contribution in [0.3, 0.4) is 0 Å². The second kappa shape index (κ2) is 8.02. The molecular formula is C20H21F2N5O2. The normalized spacial score (nSPS) is 17.2. The Morgan fingerprint density at radius 2 is 1.76 bits per heavy atom. The molecule has 3 amide bonds. The third-order valence-electron chi connectivity index (χ3n) is 5.24. The zero-order valence-corrected chi connectivity index (χ0v) is 15.8. The van der Waals surface area contributed by atoms with E-state index in [4.69, 9.17) is 0 Å². The molecule has 0 radical (unpaired) electrons. The molecule has 0 spiro atoms. The van der Waals surface area contributed by atoms with Crippen LogP contribution in [0.2, 0.25) is 0 Å². The molecule has 0 bridgehead atoms. The topological polar surface area (TPSA) is 60.0 Å². The van der Waals surface area contributed by atoms with Crippen LogP contribution in [0.1, 0.15) is 0 Å². The molecular weight excluding hydrogens is 380 g/mol. The lowest BCUT2D eigenvalue weighted by atomic mass is 10.3. The molecule has 2 saturated heterocycles. The second-order valence-electron chi connectivity index (χ2n) is 7.01. The van der Waals surface area contributed by atoms with Crippen molar-refractivity contribution in [3.8, 4) is 0 Å². The maximum absolute atomic E-state index is 13.5. The van der Waals surface area contributed by atoms with Crippen LogP contribution in [0.15, 0.2) is 42.6 Å². The van der Waals surface area contributed by atoms with Crippen molar-refractivity contribution in [2.45, 2.75) is 0 Å². The van der Waals surface area contributed by atoms with E-state index in [9.17, 15) is 18.4 Å². The molecule has 1 aromatic heterocycles. The predicted molar refractivity (Wildman–Crippen MR) is 104 cm³/mol. The zero-order valence-electron chi connectivity index (χ0n) is 15.8. The van der Waals surface area contributed by atoms with Gasteiger partial charge in [0.1, 0.15) is 12.4 Å². The average Bonchev–Trinajstić information content (AvgIpc) is 3.11. The first-order valence-corrected chi connectivity index (χ1v) is 9.48. The Morgan fingerprint density at radius 1 is 0.966 bits per heavy atom. The first-order chi connectivity index (χ1) is 14.0. The van der Waals surface area contributed by atoms with Gasteiger partial charge in [-0.15, -0.1) is 0 Å². The smallest absolute Gasteiger partial charge is 0.325 e. The lowest BCUT2D eigenvalue weighted by Gasteiger charge is -2.36. The second-order valence-corrected chi connectivity index (χ2v) is 7.01. The number of carbonyl (C=O) groups excluding carboxylic acids is 2. The van der Waals surface area contributed by atoms with Crippen LogP contribution in [0.4, 0.5) is 25.1 Å². The van der Waals surface area contributed by atoms with Crippen LogP contribution in [0, 0.1) is 11.6 Å². The van der Waals surface area contributed by atoms with E-state index >= 15 is 0 Å². The van der Waals surface area contributed by atoms with Crippen molar-refractivity contribution < 1.29 is 18.4 Å². The highest BCUT2D eigenvalue weighted by Gasteiger charge is 2.33. The summed E-state index contributed by atoms with van der Waals surface area (Å²) in [6, 6.07) is 8.70. The van der Waals surface area contributed by atoms with Crippen LogP contribution in [-0.4, -0.2) is 72.5 Å². The van der Waals surface area contributed by atoms with Crippen LogP contribution < -0.4 is 9.80 Å². The number of carbonyl (C=O) groups is 2. The SMILES string of the molecule is O=C(CN1CCN(c2ccc(F)c(F)c2)C1=O)N1CCN(c2ccccn2)CC1. The van der Waals surface area contributed by atoms with Gasteiger partial charge in [0.15, 0.2) is 11.6 Å². The first-order valence-electron chi connectivity index (χ1n) is 9.48. The number of amides is 3. The quantitative estimate of drug-likeness (QED) is 0.786. The Morgan fingerprint density at radius 3 is 2.45 bits per heavy atom. The Labute approximate surface area is 167 Å². The van der Waals surface area contributed by atoms with Gasteiger partial charge in [-0.3, -0.25) is 9.69 Å². The number of benzene rings is 1. The Balaban J connectivity index is 1.32. The number of nitrogens with zero attached hydrogens (tertiary/aromatic N) is 5. The van der Waals surface area contributed by atoms with Crippen LogP contribution >= 0.6 is 0 Å². The van der Waals surface area contributed by atoms with Crippen LogP contribution in [-0.2, 0) is 4.79 Å². The average molecular weight is 401 g/mol. The summed E-state index contributed by atoms with van der Waals surface area (Å²) in [4.78, 5) is 36.2. The monoisotopic (exact) mass is 401 g/mol. The maximum Gasteiger partial charge on any atom is 0.325 e. The highest BCUT2D eigenvalue weighted by atomic mass is 19.2. The van der Waals surface area contributed by atoms with E-state index in [0.29, 0.717) is 39.3 Å². The molecule has 0 N–H and O–H groups in total. The first kappa shape index (κ1) is 19.1. The lowest BCUT2D eigenvalue weighted by Crippen LogP contribution is -2.51. The highest BCUT2D eigenvalue weighted by molar-refractivity contribution is 5.96. The number of hydrogen-bond acceptors (Lipinski definition) is 4. The van der Waals surface area contributed by atoms with Crippen molar-refractivity contribution in [1.82, 2.24) is 14.8 Å². The van der Waals surface area contributed by atoms with Crippen molar-refractivity contribution in [2.75, 3.05) is 55.6 Å². The van der Waals surface area contributed by atoms with Gasteiger partial charge in [0, 0.05) is 57.2 Å². The van der Waals surface area contributed by atoms with E-state index < -0.39 is 11.6 Å². The Hall–Kier alpha value is -3.23. The van der Waals surface area contributed by atoms with Gasteiger partial charge in [-0.25, -0.2) is 18.6 Å². The summed E-state index contributed by atoms with van der Waals surface area (Å²) < 4.78 is 26.6. The molecule has 0 saturated carbocycles. The summed E-state index contributed by atoms with van der Waals surface area (Å²) in [6.07, 6.45) is 1.74. The maximum atomic E-state index is 13.5. The van der Waals surface area contributed by atoms with E-state index in [1.54, 1.807) is 11.1 Å². The fourth-order valence-corrected chi connectivity index (χ4v) is 3.61. The van der Waals surface area contributed by atoms with Gasteiger partial charge in [0.05, 0.1) is 0 Å². The lowest BCUT2D eigenvalue weighted by molar-refractivity contribution is -0.131. The molecule has 2 fully saturated rings. The number of rotatable bonds is 4. The Bertz CT molecular complexity index is 903. The molecule has 9 heteroatoms. The van der Waals surface area contributed by atoms with E-state index in [1.165, 1.54) is 15.9 Å². The highest BCUT2D eigenvalue weighted by Crippen LogP contribution is 2.22. The van der Waals surface area contributed by atoms with Crippen molar-refractivity contribution in [3.05, 3.63) is 54.2 Å². The molecule has 2 aromatic rings. The molecule has 7 nitrogen and oxygen atoms in total. The molecule has 152 valence electrons. The third-order valence-corrected chi connectivity index (χ3v) is 5.24. The standard InChI is InChI=1S/C20H21F2N5O2/c21-16-5-4-15(13-17(16)22)27-12-11-26(20(27)29)14-19(28)25-9-7-24(8-10-25)18-3-1-2-6-23-18/h1-6,13H,7-12,14H2. The minimum atomic E-state index is -1.00. The largest absolute Gasteiger partial charge is 0.353 e. The van der Waals surface area contributed by atoms with Crippen molar-refractivity contribution >= 4 is 23.4 Å². The van der Waals surface area contributed by atoms with E-state index in [1.807, 2.05) is 18.2 Å². The van der Waals surface area contributed by atoms with E-state index in [2.05, 4.69) is 9.88 Å². The number of piperazine rings is 1. The van der Waals surface area contributed by atoms with E-state index in [0.717, 1.165) is 18.0 Å². The number of pyridine rings is 1. The van der Waals surface area contributed by atoms with Gasteiger partial charge in [-0.1, -0.05) is 6.07 Å². The number of hydrogen-bond donors (Lipinski definition) is 0. The number of urea groups is 1. The predicted octanol–water partition coefficient (Wildman–Crippen LogP) is 1.95. The number of anilines is 2. The molecule has 2 aliphatic heterocycles. The summed E-state index contributed by atoms with van der Waals surface area (Å²) in [5.41, 5.74) is 0.285. The molecule has 3 heterocycles. The molecule has 29 heavy (non-hydrogen) atoms. The summed E-state index contributed by atoms with van der Waals surface area (Å²) >= 11 is 0. The number of halogens is 2. The van der Waals surface area contributed by atoms with Crippen molar-refractivity contribution in [2.24, 2.45) is 0 Å². The van der Waals surface area contributed by atoms with Crippen LogP contribution in [0.5, 0.6) is 0 Å². The van der Waals surface area contributed by atoms with Gasteiger partial charge in [-0.05, 0) is 24.3 Å². The third kappa shape index (κ3) is 3.98. The molecule has 4 rings (SSSR count). The minimum Gasteiger partial charge on any atom is -0.353 e. The summed E-state index contributed by atoms with van der Waals surface area (Å²) in [7, 11) is 0. The molecule has 0 aliphatic carbocycles. The minimum absolute atomic E-state index is 0.0252. The fourth-order valence-electron chi connectivity index (χ4n) is 3.61. The summed E-state index contributed by atoms with van der Waals surface area (Å²) in [5.74, 6) is -1.20. The molecule has 0 unspecified atom stereocenters. The molecule has 1 aromatic carbocycles. The van der Waals surface area contributed by atoms with Crippen molar-refractivity contribution in [3.63, 3.8) is 0 Å². The fraction of sp³-hybridized carbons (Fsp3) is 0.350. The molecule has 0 atom stereocenters.